The van der Waals surface area contributed by atoms with E-state index in [0.717, 1.165) is 0 Å². The minimum Gasteiger partial charge on any atom is -0.481 e. The summed E-state index contributed by atoms with van der Waals surface area (Å²) >= 11 is 0. The summed E-state index contributed by atoms with van der Waals surface area (Å²) in [6.45, 7) is 1.87. The summed E-state index contributed by atoms with van der Waals surface area (Å²) in [6.07, 6.45) is 0.599. The molecule has 0 saturated carbocycles. The smallest absolute Gasteiger partial charge is 0.304 e. The van der Waals surface area contributed by atoms with Crippen LogP contribution in [0.2, 0.25) is 0 Å². The Morgan fingerprint density at radius 3 is 2.82 bits per heavy atom. The molecule has 0 spiro atoms. The molecule has 1 saturated heterocycles. The van der Waals surface area contributed by atoms with Gasteiger partial charge in [0.1, 0.15) is 0 Å². The van der Waals surface area contributed by atoms with Gasteiger partial charge in [-0.15, -0.1) is 0 Å². The quantitative estimate of drug-likeness (QED) is 0.592. The molecule has 1 heterocycles. The first kappa shape index (κ1) is 8.04. The number of aliphatic carboxylic acids is 1. The van der Waals surface area contributed by atoms with Crippen molar-refractivity contribution in [2.45, 2.75) is 25.8 Å². The van der Waals surface area contributed by atoms with Gasteiger partial charge in [0, 0.05) is 6.04 Å². The number of hydrogen-bond donors (Lipinski definition) is 2. The normalized spacial score (nSPS) is 30.1. The highest BCUT2D eigenvalue weighted by atomic mass is 16.4. The van der Waals surface area contributed by atoms with Gasteiger partial charge in [-0.05, 0) is 13.3 Å². The number of rotatable bonds is 2. The first-order valence-corrected chi connectivity index (χ1v) is 3.61. The maximum atomic E-state index is 10.9. The third kappa shape index (κ3) is 1.93. The lowest BCUT2D eigenvalue weighted by Gasteiger charge is -1.99. The number of carbonyl (C=O) groups is 2. The van der Waals surface area contributed by atoms with Crippen molar-refractivity contribution in [2.75, 3.05) is 0 Å². The predicted molar refractivity (Wildman–Crippen MR) is 38.0 cm³/mol. The van der Waals surface area contributed by atoms with Crippen LogP contribution in [0.4, 0.5) is 0 Å². The fourth-order valence-electron chi connectivity index (χ4n) is 1.34. The van der Waals surface area contributed by atoms with Crippen molar-refractivity contribution in [3.8, 4) is 0 Å². The lowest BCUT2D eigenvalue weighted by atomic mass is 10.0. The Labute approximate surface area is 64.6 Å². The zero-order valence-electron chi connectivity index (χ0n) is 6.33. The minimum atomic E-state index is -0.903. The number of nitrogens with one attached hydrogen (secondary N) is 1. The summed E-state index contributed by atoms with van der Waals surface area (Å²) in [5.74, 6) is -1.35. The van der Waals surface area contributed by atoms with E-state index < -0.39 is 5.97 Å². The second kappa shape index (κ2) is 2.90. The number of carboxylic acids is 1. The van der Waals surface area contributed by atoms with E-state index in [2.05, 4.69) is 5.32 Å². The van der Waals surface area contributed by atoms with E-state index >= 15 is 0 Å². The molecular formula is C7H11NO3. The molecule has 1 fully saturated rings. The van der Waals surface area contributed by atoms with Gasteiger partial charge in [-0.2, -0.15) is 0 Å². The summed E-state index contributed by atoms with van der Waals surface area (Å²) in [5, 5.41) is 11.1. The second-order valence-corrected chi connectivity index (χ2v) is 2.94. The third-order valence-electron chi connectivity index (χ3n) is 1.82. The second-order valence-electron chi connectivity index (χ2n) is 2.94. The van der Waals surface area contributed by atoms with E-state index in [1.165, 1.54) is 0 Å². The fourth-order valence-corrected chi connectivity index (χ4v) is 1.34. The summed E-state index contributed by atoms with van der Waals surface area (Å²) in [5.41, 5.74) is 0. The minimum absolute atomic E-state index is 0.0455. The van der Waals surface area contributed by atoms with Crippen molar-refractivity contribution in [1.82, 2.24) is 5.32 Å². The van der Waals surface area contributed by atoms with Crippen molar-refractivity contribution in [2.24, 2.45) is 5.92 Å². The highest BCUT2D eigenvalue weighted by Crippen LogP contribution is 2.18. The lowest BCUT2D eigenvalue weighted by Crippen LogP contribution is -2.24. The first-order valence-electron chi connectivity index (χ1n) is 3.61. The largest absolute Gasteiger partial charge is 0.481 e. The molecule has 0 aromatic rings. The molecule has 2 atom stereocenters. The number of carbonyl (C=O) groups excluding carboxylic acids is 1. The Kier molecular flexibility index (Phi) is 2.12. The molecule has 1 aliphatic rings. The van der Waals surface area contributed by atoms with Crippen molar-refractivity contribution in [1.29, 1.82) is 0 Å². The number of amides is 1. The van der Waals surface area contributed by atoms with Gasteiger partial charge in [0.15, 0.2) is 0 Å². The SMILES string of the molecule is C[C@@H]1C[C@@H](CC(=O)O)C(=O)N1. The maximum absolute atomic E-state index is 10.9. The molecule has 0 aromatic heterocycles. The van der Waals surface area contributed by atoms with Crippen LogP contribution >= 0.6 is 0 Å². The third-order valence-corrected chi connectivity index (χ3v) is 1.82. The van der Waals surface area contributed by atoms with Crippen LogP contribution in [0.15, 0.2) is 0 Å². The average molecular weight is 157 g/mol. The summed E-state index contributed by atoms with van der Waals surface area (Å²) in [4.78, 5) is 21.2. The molecule has 4 nitrogen and oxygen atoms in total. The van der Waals surface area contributed by atoms with Gasteiger partial charge < -0.3 is 10.4 Å². The molecule has 0 radical (unpaired) electrons. The van der Waals surface area contributed by atoms with E-state index in [4.69, 9.17) is 5.11 Å². The molecule has 1 aliphatic heterocycles. The highest BCUT2D eigenvalue weighted by Gasteiger charge is 2.30. The topological polar surface area (TPSA) is 66.4 Å². The lowest BCUT2D eigenvalue weighted by molar-refractivity contribution is -0.140. The average Bonchev–Trinajstić information content (AvgIpc) is 2.09. The van der Waals surface area contributed by atoms with E-state index in [1.54, 1.807) is 0 Å². The molecule has 62 valence electrons. The van der Waals surface area contributed by atoms with Crippen molar-refractivity contribution < 1.29 is 14.7 Å². The van der Waals surface area contributed by atoms with Crippen LogP contribution in [0.1, 0.15) is 19.8 Å². The van der Waals surface area contributed by atoms with Gasteiger partial charge in [0.2, 0.25) is 5.91 Å². The molecular weight excluding hydrogens is 146 g/mol. The van der Waals surface area contributed by atoms with E-state index in [0.29, 0.717) is 6.42 Å². The first-order chi connectivity index (χ1) is 5.09. The molecule has 0 unspecified atom stereocenters. The number of hydrogen-bond acceptors (Lipinski definition) is 2. The highest BCUT2D eigenvalue weighted by molar-refractivity contribution is 5.85. The molecule has 0 aliphatic carbocycles. The zero-order valence-corrected chi connectivity index (χ0v) is 6.33. The van der Waals surface area contributed by atoms with Crippen LogP contribution in [-0.2, 0) is 9.59 Å². The van der Waals surface area contributed by atoms with Gasteiger partial charge in [0.25, 0.3) is 0 Å². The van der Waals surface area contributed by atoms with Crippen molar-refractivity contribution in [3.63, 3.8) is 0 Å². The molecule has 0 bridgehead atoms. The number of carboxylic acid groups (broad SMARTS) is 1. The van der Waals surface area contributed by atoms with Gasteiger partial charge in [-0.1, -0.05) is 0 Å². The Hall–Kier alpha value is -1.06. The molecule has 1 amide bonds. The molecule has 0 aromatic carbocycles. The van der Waals surface area contributed by atoms with Crippen LogP contribution in [-0.4, -0.2) is 23.0 Å². The fraction of sp³-hybridized carbons (Fsp3) is 0.714. The van der Waals surface area contributed by atoms with Crippen LogP contribution in [0.5, 0.6) is 0 Å². The van der Waals surface area contributed by atoms with E-state index in [9.17, 15) is 9.59 Å². The molecule has 2 N–H and O–H groups in total. The van der Waals surface area contributed by atoms with Gasteiger partial charge >= 0.3 is 5.97 Å². The Morgan fingerprint density at radius 1 is 1.82 bits per heavy atom. The summed E-state index contributed by atoms with van der Waals surface area (Å²) in [6, 6.07) is 0.131. The summed E-state index contributed by atoms with van der Waals surface area (Å²) in [7, 11) is 0. The Bertz CT molecular complexity index is 190. The van der Waals surface area contributed by atoms with E-state index in [-0.39, 0.29) is 24.3 Å². The summed E-state index contributed by atoms with van der Waals surface area (Å²) < 4.78 is 0. The molecule has 1 rings (SSSR count). The van der Waals surface area contributed by atoms with Gasteiger partial charge in [-0.25, -0.2) is 0 Å². The molecule has 4 heteroatoms. The van der Waals surface area contributed by atoms with Crippen LogP contribution < -0.4 is 5.32 Å². The molecule has 11 heavy (non-hydrogen) atoms. The monoisotopic (exact) mass is 157 g/mol. The maximum Gasteiger partial charge on any atom is 0.304 e. The van der Waals surface area contributed by atoms with Gasteiger partial charge in [0.05, 0.1) is 12.3 Å². The predicted octanol–water partition coefficient (Wildman–Crippen LogP) is -0.0143. The van der Waals surface area contributed by atoms with Crippen molar-refractivity contribution >= 4 is 11.9 Å². The zero-order chi connectivity index (χ0) is 8.43. The van der Waals surface area contributed by atoms with E-state index in [1.807, 2.05) is 6.92 Å². The van der Waals surface area contributed by atoms with Crippen LogP contribution in [0.25, 0.3) is 0 Å². The van der Waals surface area contributed by atoms with Gasteiger partial charge in [-0.3, -0.25) is 9.59 Å². The van der Waals surface area contributed by atoms with Crippen molar-refractivity contribution in [3.05, 3.63) is 0 Å². The van der Waals surface area contributed by atoms with Crippen LogP contribution in [0, 0.1) is 5.92 Å². The Morgan fingerprint density at radius 2 is 2.45 bits per heavy atom. The standard InChI is InChI=1S/C7H11NO3/c1-4-2-5(3-6(9)10)7(11)8-4/h4-5H,2-3H2,1H3,(H,8,11)(H,9,10)/t4-,5+/m1/s1. The Balaban J connectivity index is 2.47. The van der Waals surface area contributed by atoms with Crippen LogP contribution in [0.3, 0.4) is 0 Å².